The maximum Gasteiger partial charge on any atom is 0.364 e. The van der Waals surface area contributed by atoms with Crippen molar-refractivity contribution in [1.82, 2.24) is 0 Å². The molecule has 0 fully saturated rings. The summed E-state index contributed by atoms with van der Waals surface area (Å²) < 4.78 is 10.8. The van der Waals surface area contributed by atoms with Crippen LogP contribution in [0.4, 0.5) is 0 Å². The summed E-state index contributed by atoms with van der Waals surface area (Å²) >= 11 is 0. The van der Waals surface area contributed by atoms with Crippen LogP contribution in [0.5, 0.6) is 0 Å². The molecule has 4 nitrogen and oxygen atoms in total. The van der Waals surface area contributed by atoms with Gasteiger partial charge in [-0.25, -0.2) is 4.79 Å². The van der Waals surface area contributed by atoms with Crippen molar-refractivity contribution >= 4 is 19.8 Å². The minimum atomic E-state index is -1.70. The second kappa shape index (κ2) is 5.45. The summed E-state index contributed by atoms with van der Waals surface area (Å²) in [5.74, 6) is 2.08. The van der Waals surface area contributed by atoms with E-state index in [0.29, 0.717) is 0 Å². The first kappa shape index (κ1) is 16.5. The van der Waals surface area contributed by atoms with Crippen LogP contribution in [0, 0.1) is 11.5 Å². The van der Waals surface area contributed by atoms with Crippen LogP contribution in [0.2, 0.25) is 19.6 Å². The molecule has 0 radical (unpaired) electrons. The molecule has 1 atom stereocenters. The van der Waals surface area contributed by atoms with E-state index in [0.717, 1.165) is 0 Å². The van der Waals surface area contributed by atoms with E-state index in [4.69, 9.17) is 9.47 Å². The molecule has 0 aliphatic carbocycles. The molecule has 1 aliphatic heterocycles. The van der Waals surface area contributed by atoms with Crippen molar-refractivity contribution in [3.8, 4) is 11.5 Å². The molecule has 110 valence electrons. The van der Waals surface area contributed by atoms with E-state index in [9.17, 15) is 9.59 Å². The van der Waals surface area contributed by atoms with Gasteiger partial charge in [0.25, 0.3) is 5.60 Å². The van der Waals surface area contributed by atoms with Crippen molar-refractivity contribution in [3.05, 3.63) is 12.3 Å². The van der Waals surface area contributed by atoms with E-state index in [1.807, 2.05) is 0 Å². The third kappa shape index (κ3) is 4.86. The molecule has 0 N–H and O–H groups in total. The average molecular weight is 294 g/mol. The number of hydrogen-bond acceptors (Lipinski definition) is 4. The number of hydrogen-bond donors (Lipinski definition) is 0. The summed E-state index contributed by atoms with van der Waals surface area (Å²) in [6.45, 7) is 11.5. The largest absolute Gasteiger partial charge is 0.470 e. The van der Waals surface area contributed by atoms with E-state index in [2.05, 4.69) is 31.1 Å². The fraction of sp³-hybridized carbons (Fsp3) is 0.600. The first-order valence-corrected chi connectivity index (χ1v) is 10.1. The average Bonchev–Trinajstić information content (AvgIpc) is 2.23. The van der Waals surface area contributed by atoms with E-state index in [1.165, 1.54) is 12.3 Å². The highest BCUT2D eigenvalue weighted by atomic mass is 28.3. The van der Waals surface area contributed by atoms with Crippen molar-refractivity contribution < 1.29 is 19.1 Å². The van der Waals surface area contributed by atoms with Gasteiger partial charge in [0.15, 0.2) is 5.78 Å². The van der Waals surface area contributed by atoms with Crippen LogP contribution in [0.25, 0.3) is 0 Å². The van der Waals surface area contributed by atoms with Gasteiger partial charge in [-0.05, 0) is 20.8 Å². The highest BCUT2D eigenvalue weighted by molar-refractivity contribution is 6.83. The molecule has 1 rings (SSSR count). The summed E-state index contributed by atoms with van der Waals surface area (Å²) in [7, 11) is -1.70. The zero-order valence-electron chi connectivity index (χ0n) is 13.0. The van der Waals surface area contributed by atoms with Crippen molar-refractivity contribution in [3.63, 3.8) is 0 Å². The van der Waals surface area contributed by atoms with Gasteiger partial charge in [0.05, 0.1) is 12.7 Å². The lowest BCUT2D eigenvalue weighted by molar-refractivity contribution is -0.174. The maximum absolute atomic E-state index is 12.4. The Kier molecular flexibility index (Phi) is 4.50. The van der Waals surface area contributed by atoms with Crippen LogP contribution in [0.1, 0.15) is 27.2 Å². The molecule has 0 aromatic carbocycles. The van der Waals surface area contributed by atoms with Gasteiger partial charge < -0.3 is 9.47 Å². The number of esters is 1. The van der Waals surface area contributed by atoms with E-state index in [-0.39, 0.29) is 12.2 Å². The standard InChI is InChI=1S/C15H22O4Si/c1-14(2,3)19-13(17)15(8-10-20(4,5)6)11-12(16)7-9-18-15/h7,9H,11H2,1-6H3/t15-/m0/s1. The van der Waals surface area contributed by atoms with Gasteiger partial charge >= 0.3 is 5.97 Å². The predicted octanol–water partition coefficient (Wildman–Crippen LogP) is 2.45. The molecular weight excluding hydrogens is 272 g/mol. The molecule has 0 saturated heterocycles. The number of ketones is 1. The van der Waals surface area contributed by atoms with Gasteiger partial charge in [-0.2, -0.15) is 0 Å². The number of carbonyl (C=O) groups is 2. The van der Waals surface area contributed by atoms with Gasteiger partial charge in [-0.1, -0.05) is 25.6 Å². The molecule has 0 saturated carbocycles. The van der Waals surface area contributed by atoms with Gasteiger partial charge in [-0.15, -0.1) is 5.54 Å². The summed E-state index contributed by atoms with van der Waals surface area (Å²) in [5, 5.41) is 0. The van der Waals surface area contributed by atoms with Crippen LogP contribution in [0.3, 0.4) is 0 Å². The summed E-state index contributed by atoms with van der Waals surface area (Å²) in [6.07, 6.45) is 2.43. The second-order valence-corrected chi connectivity index (χ2v) is 11.6. The Hall–Kier alpha value is -1.54. The zero-order valence-corrected chi connectivity index (χ0v) is 14.0. The highest BCUT2D eigenvalue weighted by Gasteiger charge is 2.45. The Morgan fingerprint density at radius 1 is 1.40 bits per heavy atom. The summed E-state index contributed by atoms with van der Waals surface area (Å²) in [4.78, 5) is 24.0. The lowest BCUT2D eigenvalue weighted by Crippen LogP contribution is -2.47. The topological polar surface area (TPSA) is 52.6 Å². The zero-order chi connectivity index (χ0) is 15.6. The smallest absolute Gasteiger partial charge is 0.364 e. The number of carbonyl (C=O) groups excluding carboxylic acids is 2. The Bertz CT molecular complexity index is 497. The lowest BCUT2D eigenvalue weighted by Gasteiger charge is -2.31. The van der Waals surface area contributed by atoms with Crippen molar-refractivity contribution in [1.29, 1.82) is 0 Å². The van der Waals surface area contributed by atoms with Gasteiger partial charge in [-0.3, -0.25) is 4.79 Å². The first-order chi connectivity index (χ1) is 8.94. The monoisotopic (exact) mass is 294 g/mol. The van der Waals surface area contributed by atoms with Crippen molar-refractivity contribution in [2.24, 2.45) is 0 Å². The maximum atomic E-state index is 12.4. The molecule has 0 bridgehead atoms. The predicted molar refractivity (Wildman–Crippen MR) is 79.5 cm³/mol. The molecule has 0 aromatic heterocycles. The molecule has 0 amide bonds. The third-order valence-electron chi connectivity index (χ3n) is 2.31. The van der Waals surface area contributed by atoms with Crippen LogP contribution in [-0.2, 0) is 19.1 Å². The van der Waals surface area contributed by atoms with Crippen LogP contribution in [-0.4, -0.2) is 31.0 Å². The molecular formula is C15H22O4Si. The third-order valence-corrected chi connectivity index (χ3v) is 3.19. The summed E-state index contributed by atoms with van der Waals surface area (Å²) in [5.41, 5.74) is 0.942. The van der Waals surface area contributed by atoms with Crippen LogP contribution in [0.15, 0.2) is 12.3 Å². The number of rotatable bonds is 1. The number of allylic oxidation sites excluding steroid dienone is 1. The van der Waals surface area contributed by atoms with Crippen LogP contribution >= 0.6 is 0 Å². The van der Waals surface area contributed by atoms with Gasteiger partial charge in [0.1, 0.15) is 13.7 Å². The molecule has 0 unspecified atom stereocenters. The lowest BCUT2D eigenvalue weighted by atomic mass is 9.95. The fourth-order valence-electron chi connectivity index (χ4n) is 1.47. The van der Waals surface area contributed by atoms with Gasteiger partial charge in [0, 0.05) is 6.08 Å². The van der Waals surface area contributed by atoms with Crippen molar-refractivity contribution in [2.45, 2.75) is 58.0 Å². The molecule has 0 spiro atoms. The van der Waals surface area contributed by atoms with E-state index < -0.39 is 25.2 Å². The Labute approximate surface area is 121 Å². The quantitative estimate of drug-likeness (QED) is 0.423. The first-order valence-electron chi connectivity index (χ1n) is 6.59. The molecule has 5 heteroatoms. The Morgan fingerprint density at radius 3 is 2.45 bits per heavy atom. The Balaban J connectivity index is 3.14. The second-order valence-electron chi connectivity index (χ2n) is 6.89. The number of ether oxygens (including phenoxy) is 2. The minimum absolute atomic E-state index is 0.101. The minimum Gasteiger partial charge on any atom is -0.470 e. The molecule has 0 aromatic rings. The van der Waals surface area contributed by atoms with Crippen LogP contribution < -0.4 is 0 Å². The van der Waals surface area contributed by atoms with E-state index in [1.54, 1.807) is 20.8 Å². The highest BCUT2D eigenvalue weighted by Crippen LogP contribution is 2.25. The van der Waals surface area contributed by atoms with Crippen molar-refractivity contribution in [2.75, 3.05) is 0 Å². The molecule has 20 heavy (non-hydrogen) atoms. The SMILES string of the molecule is CC(C)(C)OC(=O)[C@]1(C#C[Si](C)(C)C)CC(=O)C=CO1. The fourth-order valence-corrected chi connectivity index (χ4v) is 2.04. The van der Waals surface area contributed by atoms with E-state index >= 15 is 0 Å². The molecule has 1 aliphatic rings. The molecule has 1 heterocycles. The van der Waals surface area contributed by atoms with Gasteiger partial charge in [0.2, 0.25) is 0 Å². The normalized spacial score (nSPS) is 22.6. The summed E-state index contributed by atoms with van der Waals surface area (Å²) in [6, 6.07) is 0. The Morgan fingerprint density at radius 2 is 2.00 bits per heavy atom.